The summed E-state index contributed by atoms with van der Waals surface area (Å²) in [6, 6.07) is 12.0. The summed E-state index contributed by atoms with van der Waals surface area (Å²) in [5, 5.41) is 0. The van der Waals surface area contributed by atoms with Crippen molar-refractivity contribution in [1.82, 2.24) is 29.7 Å². The first-order valence-corrected chi connectivity index (χ1v) is 11.3. The van der Waals surface area contributed by atoms with Crippen LogP contribution in [0.15, 0.2) is 36.4 Å². The van der Waals surface area contributed by atoms with Crippen LogP contribution in [0.5, 0.6) is 0 Å². The molecule has 8 heteroatoms. The van der Waals surface area contributed by atoms with Gasteiger partial charge in [-0.2, -0.15) is 0 Å². The van der Waals surface area contributed by atoms with Crippen LogP contribution in [-0.2, 0) is 22.6 Å². The van der Waals surface area contributed by atoms with E-state index in [2.05, 4.69) is 9.80 Å². The molecule has 32 heavy (non-hydrogen) atoms. The molecular weight excluding hydrogens is 404 g/mol. The Morgan fingerprint density at radius 3 is 1.41 bits per heavy atom. The quantitative estimate of drug-likeness (QED) is 0.457. The van der Waals surface area contributed by atoms with E-state index < -0.39 is 0 Å². The Labute approximate surface area is 186 Å². The van der Waals surface area contributed by atoms with Gasteiger partial charge in [-0.15, -0.1) is 0 Å². The fourth-order valence-electron chi connectivity index (χ4n) is 4.44. The number of aromatic nitrogens is 4. The van der Waals surface area contributed by atoms with E-state index in [0.717, 1.165) is 110 Å². The van der Waals surface area contributed by atoms with Crippen LogP contribution >= 0.6 is 0 Å². The van der Waals surface area contributed by atoms with Gasteiger partial charge in [-0.3, -0.25) is 9.80 Å². The number of rotatable bonds is 4. The molecule has 6 rings (SSSR count). The molecule has 0 spiro atoms. The van der Waals surface area contributed by atoms with Gasteiger partial charge in [0, 0.05) is 39.3 Å². The van der Waals surface area contributed by atoms with Crippen molar-refractivity contribution in [2.24, 2.45) is 0 Å². The molecule has 2 aliphatic rings. The van der Waals surface area contributed by atoms with Crippen LogP contribution in [-0.4, -0.2) is 82.3 Å². The number of ether oxygens (including phenoxy) is 2. The summed E-state index contributed by atoms with van der Waals surface area (Å²) in [5.41, 5.74) is 7.31. The summed E-state index contributed by atoms with van der Waals surface area (Å²) >= 11 is 0. The highest BCUT2D eigenvalue weighted by molar-refractivity contribution is 5.94. The molecule has 4 aromatic rings. The van der Waals surface area contributed by atoms with Gasteiger partial charge < -0.3 is 9.47 Å². The molecule has 2 aliphatic heterocycles. The average Bonchev–Trinajstić information content (AvgIpc) is 2.83. The molecule has 0 saturated carbocycles. The highest BCUT2D eigenvalue weighted by Crippen LogP contribution is 2.23. The van der Waals surface area contributed by atoms with Crippen LogP contribution in [0.2, 0.25) is 0 Å². The van der Waals surface area contributed by atoms with Gasteiger partial charge in [-0.05, 0) is 24.3 Å². The molecule has 0 atom stereocenters. The normalized spacial score (nSPS) is 18.6. The lowest BCUT2D eigenvalue weighted by Gasteiger charge is -2.29. The Balaban J connectivity index is 1.44. The molecule has 0 bridgehead atoms. The van der Waals surface area contributed by atoms with E-state index in [0.29, 0.717) is 0 Å². The lowest BCUT2D eigenvalue weighted by Crippen LogP contribution is -2.38. The van der Waals surface area contributed by atoms with E-state index in [1.165, 1.54) is 0 Å². The number of nitrogens with zero attached hydrogens (tertiary/aromatic N) is 6. The molecule has 4 heterocycles. The second-order valence-electron chi connectivity index (χ2n) is 8.44. The molecule has 8 nitrogen and oxygen atoms in total. The maximum atomic E-state index is 5.53. The third kappa shape index (κ3) is 4.02. The van der Waals surface area contributed by atoms with Crippen LogP contribution in [0, 0.1) is 0 Å². The van der Waals surface area contributed by atoms with Gasteiger partial charge in [0.1, 0.15) is 0 Å². The largest absolute Gasteiger partial charge is 0.379 e. The van der Waals surface area contributed by atoms with Crippen molar-refractivity contribution in [3.8, 4) is 0 Å². The van der Waals surface area contributed by atoms with Crippen LogP contribution in [0.3, 0.4) is 0 Å². The number of morpholine rings is 2. The lowest BCUT2D eigenvalue weighted by molar-refractivity contribution is 0.0300. The molecule has 2 aromatic carbocycles. The van der Waals surface area contributed by atoms with Gasteiger partial charge in [0.15, 0.2) is 0 Å². The maximum absolute atomic E-state index is 5.53. The van der Waals surface area contributed by atoms with Crippen LogP contribution in [0.1, 0.15) is 11.4 Å². The van der Waals surface area contributed by atoms with E-state index in [4.69, 9.17) is 29.4 Å². The van der Waals surface area contributed by atoms with Gasteiger partial charge >= 0.3 is 0 Å². The molecule has 164 valence electrons. The van der Waals surface area contributed by atoms with Gasteiger partial charge in [0.05, 0.1) is 70.9 Å². The highest BCUT2D eigenvalue weighted by atomic mass is 16.5. The summed E-state index contributed by atoms with van der Waals surface area (Å²) in [5.74, 6) is 0. The van der Waals surface area contributed by atoms with E-state index in [-0.39, 0.29) is 0 Å². The van der Waals surface area contributed by atoms with Crippen molar-refractivity contribution in [3.05, 3.63) is 47.8 Å². The van der Waals surface area contributed by atoms with Crippen molar-refractivity contribution >= 4 is 33.1 Å². The average molecular weight is 431 g/mol. The van der Waals surface area contributed by atoms with Crippen molar-refractivity contribution in [1.29, 1.82) is 0 Å². The van der Waals surface area contributed by atoms with Crippen LogP contribution in [0.25, 0.3) is 33.1 Å². The summed E-state index contributed by atoms with van der Waals surface area (Å²) in [6.45, 7) is 8.34. The van der Waals surface area contributed by atoms with Gasteiger partial charge in [-0.25, -0.2) is 19.9 Å². The van der Waals surface area contributed by atoms with Crippen LogP contribution in [0.4, 0.5) is 0 Å². The number of para-hydroxylation sites is 2. The Hall–Kier alpha value is -2.78. The molecule has 0 unspecified atom stereocenters. The summed E-state index contributed by atoms with van der Waals surface area (Å²) < 4.78 is 11.1. The minimum absolute atomic E-state index is 0.771. The number of hydrogen-bond acceptors (Lipinski definition) is 8. The van der Waals surface area contributed by atoms with Crippen molar-refractivity contribution < 1.29 is 9.47 Å². The predicted octanol–water partition coefficient (Wildman–Crippen LogP) is 2.39. The maximum Gasteiger partial charge on any atom is 0.0917 e. The third-order valence-electron chi connectivity index (χ3n) is 6.23. The summed E-state index contributed by atoms with van der Waals surface area (Å²) in [6.07, 6.45) is 0. The van der Waals surface area contributed by atoms with E-state index in [1.54, 1.807) is 0 Å². The fourth-order valence-corrected chi connectivity index (χ4v) is 4.44. The van der Waals surface area contributed by atoms with Crippen molar-refractivity contribution in [2.75, 3.05) is 52.6 Å². The zero-order chi connectivity index (χ0) is 21.3. The highest BCUT2D eigenvalue weighted by Gasteiger charge is 2.19. The third-order valence-corrected chi connectivity index (χ3v) is 6.23. The Morgan fingerprint density at radius 1 is 0.562 bits per heavy atom. The van der Waals surface area contributed by atoms with E-state index in [9.17, 15) is 0 Å². The van der Waals surface area contributed by atoms with E-state index >= 15 is 0 Å². The van der Waals surface area contributed by atoms with Gasteiger partial charge in [0.25, 0.3) is 0 Å². The molecule has 2 saturated heterocycles. The predicted molar refractivity (Wildman–Crippen MR) is 122 cm³/mol. The molecule has 0 N–H and O–H groups in total. The molecular formula is C24H26N6O2. The lowest BCUT2D eigenvalue weighted by atomic mass is 10.2. The Bertz CT molecular complexity index is 1170. The van der Waals surface area contributed by atoms with Crippen LogP contribution < -0.4 is 0 Å². The summed E-state index contributed by atoms with van der Waals surface area (Å²) in [4.78, 5) is 24.6. The molecule has 2 aromatic heterocycles. The molecule has 2 fully saturated rings. The van der Waals surface area contributed by atoms with Crippen molar-refractivity contribution in [3.63, 3.8) is 0 Å². The molecule has 0 amide bonds. The zero-order valence-electron chi connectivity index (χ0n) is 18.0. The first-order valence-electron chi connectivity index (χ1n) is 11.3. The minimum atomic E-state index is 0.771. The number of benzene rings is 2. The topological polar surface area (TPSA) is 76.5 Å². The standard InChI is InChI=1S/C24H26N6O2/c1-2-4-18-17(3-1)25-19-13-21-22(14-20(19)26-18)28-24(16-30-7-11-32-12-8-30)23(27-21)15-29-5-9-31-10-6-29/h1-4,13-14H,5-12,15-16H2. The minimum Gasteiger partial charge on any atom is -0.379 e. The fraction of sp³-hybridized carbons (Fsp3) is 0.417. The van der Waals surface area contributed by atoms with Gasteiger partial charge in [-0.1, -0.05) is 12.1 Å². The van der Waals surface area contributed by atoms with Gasteiger partial charge in [0.2, 0.25) is 0 Å². The number of fused-ring (bicyclic) bond motifs is 3. The SMILES string of the molecule is c1ccc2nc3cc4nc(CN5CCOCC5)c(CN5CCOCC5)nc4cc3nc2c1. The monoisotopic (exact) mass is 430 g/mol. The van der Waals surface area contributed by atoms with E-state index in [1.807, 2.05) is 36.4 Å². The second-order valence-corrected chi connectivity index (χ2v) is 8.44. The first-order chi connectivity index (χ1) is 15.8. The Morgan fingerprint density at radius 2 is 0.969 bits per heavy atom. The summed E-state index contributed by atoms with van der Waals surface area (Å²) in [7, 11) is 0. The first kappa shape index (κ1) is 19.9. The van der Waals surface area contributed by atoms with Crippen molar-refractivity contribution in [2.45, 2.75) is 13.1 Å². The second kappa shape index (κ2) is 8.63. The number of hydrogen-bond donors (Lipinski definition) is 0. The smallest absolute Gasteiger partial charge is 0.0917 e. The Kier molecular flexibility index (Phi) is 5.36. The zero-order valence-corrected chi connectivity index (χ0v) is 18.0. The molecule has 0 aliphatic carbocycles. The molecule has 0 radical (unpaired) electrons.